The van der Waals surface area contributed by atoms with Crippen LogP contribution in [0.2, 0.25) is 0 Å². The number of thioether (sulfide) groups is 1. The molecule has 2 heterocycles. The average Bonchev–Trinajstić information content (AvgIpc) is 3.16. The van der Waals surface area contributed by atoms with Gasteiger partial charge in [0.25, 0.3) is 11.8 Å². The summed E-state index contributed by atoms with van der Waals surface area (Å²) in [5.41, 5.74) is -0.639. The van der Waals surface area contributed by atoms with Crippen LogP contribution in [-0.4, -0.2) is 22.9 Å². The first-order valence-corrected chi connectivity index (χ1v) is 10.3. The molecule has 11 heteroatoms. The summed E-state index contributed by atoms with van der Waals surface area (Å²) in [4.78, 5) is 42.4. The minimum Gasteiger partial charge on any atom is -0.300 e. The fourth-order valence-electron chi connectivity index (χ4n) is 3.23. The summed E-state index contributed by atoms with van der Waals surface area (Å²) in [5.74, 6) is -1.90. The number of rotatable bonds is 1. The second kappa shape index (κ2) is 7.65. The number of amides is 3. The van der Waals surface area contributed by atoms with Gasteiger partial charge in [0.1, 0.15) is 0 Å². The molecular formula is C20H11BrF3N3O3S. The molecule has 6 nitrogen and oxygen atoms in total. The standard InChI is InChI=1S/C20H11BrF3N3O3S/c1-9(28)27-14-7-6-10(21)8-11(14)15(18(27)30)16-17(29)26-19(31-16)25-13-5-3-2-4-12(13)20(22,23)24/h2-8H,1H3,(H,25,26,29)/b16-15-. The lowest BCUT2D eigenvalue weighted by molar-refractivity contribution is -0.137. The van der Waals surface area contributed by atoms with Crippen molar-refractivity contribution in [3.63, 3.8) is 0 Å². The predicted molar refractivity (Wildman–Crippen MR) is 114 cm³/mol. The average molecular weight is 510 g/mol. The first-order valence-electron chi connectivity index (χ1n) is 8.71. The highest BCUT2D eigenvalue weighted by Gasteiger charge is 2.41. The van der Waals surface area contributed by atoms with Crippen molar-refractivity contribution < 1.29 is 27.6 Å². The molecule has 4 rings (SSSR count). The number of carbonyl (C=O) groups excluding carboxylic acids is 3. The molecule has 0 bridgehead atoms. The molecule has 1 N–H and O–H groups in total. The Balaban J connectivity index is 1.81. The van der Waals surface area contributed by atoms with Crippen LogP contribution in [0.15, 0.2) is 56.8 Å². The van der Waals surface area contributed by atoms with Crippen LogP contribution in [0.5, 0.6) is 0 Å². The summed E-state index contributed by atoms with van der Waals surface area (Å²) < 4.78 is 40.3. The number of hydrogen-bond acceptors (Lipinski definition) is 5. The van der Waals surface area contributed by atoms with Crippen LogP contribution < -0.4 is 10.2 Å². The van der Waals surface area contributed by atoms with Crippen molar-refractivity contribution in [1.82, 2.24) is 5.32 Å². The quantitative estimate of drug-likeness (QED) is 0.568. The van der Waals surface area contributed by atoms with E-state index >= 15 is 0 Å². The highest BCUT2D eigenvalue weighted by Crippen LogP contribution is 2.44. The molecule has 0 aromatic heterocycles. The molecule has 1 fully saturated rings. The van der Waals surface area contributed by atoms with E-state index in [1.165, 1.54) is 25.1 Å². The Morgan fingerprint density at radius 1 is 1.16 bits per heavy atom. The minimum atomic E-state index is -4.62. The van der Waals surface area contributed by atoms with Gasteiger partial charge in [0.05, 0.1) is 27.4 Å². The maximum atomic E-state index is 13.2. The Bertz CT molecular complexity index is 1220. The number of aliphatic imine (C=N–C) groups is 1. The third kappa shape index (κ3) is 3.79. The van der Waals surface area contributed by atoms with Crippen molar-refractivity contribution in [3.05, 3.63) is 63.0 Å². The molecular weight excluding hydrogens is 499 g/mol. The summed E-state index contributed by atoms with van der Waals surface area (Å²) in [6.07, 6.45) is -4.62. The molecule has 1 saturated heterocycles. The molecule has 0 unspecified atom stereocenters. The Morgan fingerprint density at radius 2 is 1.87 bits per heavy atom. The van der Waals surface area contributed by atoms with Crippen LogP contribution in [0, 0.1) is 0 Å². The van der Waals surface area contributed by atoms with E-state index in [9.17, 15) is 27.6 Å². The van der Waals surface area contributed by atoms with Gasteiger partial charge >= 0.3 is 6.18 Å². The molecule has 2 aromatic carbocycles. The third-order valence-corrected chi connectivity index (χ3v) is 5.96. The fraction of sp³-hybridized carbons (Fsp3) is 0.100. The zero-order valence-electron chi connectivity index (χ0n) is 15.6. The van der Waals surface area contributed by atoms with E-state index in [1.807, 2.05) is 0 Å². The largest absolute Gasteiger partial charge is 0.418 e. The van der Waals surface area contributed by atoms with Gasteiger partial charge in [-0.25, -0.2) is 9.89 Å². The van der Waals surface area contributed by atoms with Crippen molar-refractivity contribution in [1.29, 1.82) is 0 Å². The molecule has 0 aliphatic carbocycles. The molecule has 2 aliphatic heterocycles. The van der Waals surface area contributed by atoms with Crippen molar-refractivity contribution in [2.24, 2.45) is 4.99 Å². The maximum absolute atomic E-state index is 13.2. The van der Waals surface area contributed by atoms with Gasteiger partial charge in [-0.3, -0.25) is 14.4 Å². The first-order chi connectivity index (χ1) is 14.6. The fourth-order valence-corrected chi connectivity index (χ4v) is 4.52. The molecule has 0 atom stereocenters. The van der Waals surface area contributed by atoms with E-state index in [0.29, 0.717) is 15.7 Å². The van der Waals surface area contributed by atoms with E-state index in [-0.39, 0.29) is 21.3 Å². The van der Waals surface area contributed by atoms with Gasteiger partial charge in [0.15, 0.2) is 5.17 Å². The zero-order chi connectivity index (χ0) is 22.5. The van der Waals surface area contributed by atoms with E-state index in [2.05, 4.69) is 26.2 Å². The van der Waals surface area contributed by atoms with E-state index in [0.717, 1.165) is 22.7 Å². The Hall–Kier alpha value is -2.92. The van der Waals surface area contributed by atoms with Gasteiger partial charge < -0.3 is 5.32 Å². The zero-order valence-corrected chi connectivity index (χ0v) is 18.0. The Labute approximate surface area is 186 Å². The summed E-state index contributed by atoms with van der Waals surface area (Å²) in [7, 11) is 0. The number of alkyl halides is 3. The summed E-state index contributed by atoms with van der Waals surface area (Å²) in [5, 5.41) is 2.30. The number of benzene rings is 2. The molecule has 2 aliphatic rings. The van der Waals surface area contributed by atoms with E-state index < -0.39 is 29.5 Å². The Morgan fingerprint density at radius 3 is 2.55 bits per heavy atom. The van der Waals surface area contributed by atoms with Crippen LogP contribution in [-0.2, 0) is 20.6 Å². The number of para-hydroxylation sites is 1. The molecule has 2 aromatic rings. The maximum Gasteiger partial charge on any atom is 0.418 e. The number of fused-ring (bicyclic) bond motifs is 1. The predicted octanol–water partition coefficient (Wildman–Crippen LogP) is 4.62. The lowest BCUT2D eigenvalue weighted by atomic mass is 10.1. The topological polar surface area (TPSA) is 78.8 Å². The smallest absolute Gasteiger partial charge is 0.300 e. The second-order valence-corrected chi connectivity index (χ2v) is 8.43. The number of halogens is 4. The number of anilines is 1. The monoisotopic (exact) mass is 509 g/mol. The lowest BCUT2D eigenvalue weighted by Gasteiger charge is -2.11. The first kappa shape index (κ1) is 21.3. The molecule has 3 amide bonds. The number of nitrogens with one attached hydrogen (secondary N) is 1. The van der Waals surface area contributed by atoms with Crippen LogP contribution in [0.4, 0.5) is 24.5 Å². The number of imide groups is 1. The summed E-state index contributed by atoms with van der Waals surface area (Å²) in [6.45, 7) is 1.22. The second-order valence-electron chi connectivity index (χ2n) is 6.51. The van der Waals surface area contributed by atoms with Crippen molar-refractivity contribution >= 4 is 67.5 Å². The lowest BCUT2D eigenvalue weighted by Crippen LogP contribution is -2.31. The minimum absolute atomic E-state index is 0.0108. The number of hydrogen-bond donors (Lipinski definition) is 1. The van der Waals surface area contributed by atoms with Gasteiger partial charge in [0.2, 0.25) is 5.91 Å². The molecule has 158 valence electrons. The van der Waals surface area contributed by atoms with Gasteiger partial charge in [-0.05, 0) is 42.1 Å². The molecule has 0 radical (unpaired) electrons. The van der Waals surface area contributed by atoms with E-state index in [4.69, 9.17) is 0 Å². The summed E-state index contributed by atoms with van der Waals surface area (Å²) in [6, 6.07) is 9.52. The van der Waals surface area contributed by atoms with E-state index in [1.54, 1.807) is 18.2 Å². The number of nitrogens with zero attached hydrogens (tertiary/aromatic N) is 2. The van der Waals surface area contributed by atoms with Crippen molar-refractivity contribution in [2.75, 3.05) is 4.90 Å². The van der Waals surface area contributed by atoms with Crippen LogP contribution in [0.25, 0.3) is 5.57 Å². The van der Waals surface area contributed by atoms with Crippen molar-refractivity contribution in [2.45, 2.75) is 13.1 Å². The van der Waals surface area contributed by atoms with Gasteiger partial charge in [-0.15, -0.1) is 0 Å². The molecule has 0 spiro atoms. The highest BCUT2D eigenvalue weighted by atomic mass is 79.9. The van der Waals surface area contributed by atoms with Crippen molar-refractivity contribution in [3.8, 4) is 0 Å². The Kier molecular flexibility index (Phi) is 5.26. The van der Waals surface area contributed by atoms with Crippen LogP contribution in [0.3, 0.4) is 0 Å². The van der Waals surface area contributed by atoms with Gasteiger partial charge in [-0.1, -0.05) is 28.1 Å². The highest BCUT2D eigenvalue weighted by molar-refractivity contribution is 9.10. The third-order valence-electron chi connectivity index (χ3n) is 4.48. The SMILES string of the molecule is CC(=O)N1C(=O)/C(=C2\SC(=Nc3ccccc3C(F)(F)F)NC2=O)c2cc(Br)ccc21. The molecule has 0 saturated carbocycles. The number of amidine groups is 1. The van der Waals surface area contributed by atoms with Crippen LogP contribution in [0.1, 0.15) is 18.1 Å². The number of carbonyl (C=O) groups is 3. The van der Waals surface area contributed by atoms with Crippen LogP contribution >= 0.6 is 27.7 Å². The van der Waals surface area contributed by atoms with Gasteiger partial charge in [0, 0.05) is 17.0 Å². The molecule has 31 heavy (non-hydrogen) atoms. The summed E-state index contributed by atoms with van der Waals surface area (Å²) >= 11 is 4.05. The normalized spacial score (nSPS) is 19.8. The van der Waals surface area contributed by atoms with Gasteiger partial charge in [-0.2, -0.15) is 13.2 Å².